The molecular formula is C58H66N10O9. The first kappa shape index (κ1) is 54.7. The molecule has 1 unspecified atom stereocenters. The zero-order chi connectivity index (χ0) is 54.1. The van der Waals surface area contributed by atoms with Crippen LogP contribution in [0.15, 0.2) is 146 Å². The fourth-order valence-corrected chi connectivity index (χ4v) is 9.65. The van der Waals surface area contributed by atoms with Gasteiger partial charge >= 0.3 is 6.09 Å². The molecule has 0 aliphatic carbocycles. The van der Waals surface area contributed by atoms with Gasteiger partial charge in [-0.05, 0) is 71.8 Å². The van der Waals surface area contributed by atoms with Crippen LogP contribution in [0.3, 0.4) is 0 Å². The highest BCUT2D eigenvalue weighted by Crippen LogP contribution is 2.26. The number of aromatic nitrogens is 1. The number of nitrogens with zero attached hydrogens (tertiary/aromatic N) is 1. The SMILES string of the molecule is NCCCC[C@@H]1NC(=O)[C@@H](Cc2c[nH]c3ccccc23)NC(=O)[C@@H](c2ccccc2)NC(=O)[C@@H]2CC(OC(=O)NCCN)CN2C(=O)[C@H](Cc2ccccc2)NC(=O)[C@H](Cc2ccc(OCc3ccccc3)cc2)NC1=O. The second-order valence-electron chi connectivity index (χ2n) is 19.2. The Balaban J connectivity index is 1.19. The first-order valence-electron chi connectivity index (χ1n) is 26.0. The number of carbonyl (C=O) groups is 7. The summed E-state index contributed by atoms with van der Waals surface area (Å²) in [5.41, 5.74) is 15.7. The van der Waals surface area contributed by atoms with Crippen molar-refractivity contribution in [1.29, 1.82) is 0 Å². The lowest BCUT2D eigenvalue weighted by molar-refractivity contribution is -0.143. The smallest absolute Gasteiger partial charge is 0.407 e. The summed E-state index contributed by atoms with van der Waals surface area (Å²) in [5.74, 6) is -3.76. The van der Waals surface area contributed by atoms with E-state index in [9.17, 15) is 24.0 Å². The van der Waals surface area contributed by atoms with E-state index in [1.165, 1.54) is 4.90 Å². The highest BCUT2D eigenvalue weighted by atomic mass is 16.6. The second-order valence-corrected chi connectivity index (χ2v) is 19.2. The molecule has 11 N–H and O–H groups in total. The predicted molar refractivity (Wildman–Crippen MR) is 288 cm³/mol. The van der Waals surface area contributed by atoms with Crippen LogP contribution in [0, 0.1) is 0 Å². The molecule has 6 aromatic rings. The number of para-hydroxylation sites is 1. The maximum absolute atomic E-state index is 15.3. The van der Waals surface area contributed by atoms with E-state index >= 15 is 9.59 Å². The molecule has 1 aromatic heterocycles. The summed E-state index contributed by atoms with van der Waals surface area (Å²) in [6, 6.07) is 33.6. The summed E-state index contributed by atoms with van der Waals surface area (Å²) >= 11 is 0. The van der Waals surface area contributed by atoms with Gasteiger partial charge in [0.25, 0.3) is 0 Å². The van der Waals surface area contributed by atoms with Gasteiger partial charge in [0.1, 0.15) is 54.7 Å². The fraction of sp³-hybridized carbons (Fsp3) is 0.328. The van der Waals surface area contributed by atoms with Crippen molar-refractivity contribution in [2.24, 2.45) is 11.5 Å². The van der Waals surface area contributed by atoms with E-state index in [0.29, 0.717) is 54.0 Å². The van der Waals surface area contributed by atoms with E-state index in [2.05, 4.69) is 36.9 Å². The predicted octanol–water partition coefficient (Wildman–Crippen LogP) is 3.37. The zero-order valence-electron chi connectivity index (χ0n) is 42.7. The molecule has 0 saturated carbocycles. The van der Waals surface area contributed by atoms with Gasteiger partial charge in [-0.3, -0.25) is 28.8 Å². The molecule has 0 bridgehead atoms. The molecule has 19 heteroatoms. The number of ether oxygens (including phenoxy) is 2. The minimum absolute atomic E-state index is 0.0385. The van der Waals surface area contributed by atoms with Crippen molar-refractivity contribution in [3.8, 4) is 5.75 Å². The Labute approximate surface area is 446 Å². The van der Waals surface area contributed by atoms with Crippen molar-refractivity contribution in [3.05, 3.63) is 174 Å². The molecule has 2 saturated heterocycles. The molecule has 77 heavy (non-hydrogen) atoms. The summed E-state index contributed by atoms with van der Waals surface area (Å²) < 4.78 is 11.8. The van der Waals surface area contributed by atoms with Crippen LogP contribution in [0.1, 0.15) is 59.5 Å². The molecule has 0 spiro atoms. The minimum atomic E-state index is -1.42. The third-order valence-electron chi connectivity index (χ3n) is 13.7. The molecular weight excluding hydrogens is 981 g/mol. The number of H-pyrrole nitrogens is 1. The third kappa shape index (κ3) is 14.9. The second kappa shape index (κ2) is 26.8. The van der Waals surface area contributed by atoms with Gasteiger partial charge < -0.3 is 62.7 Å². The molecule has 402 valence electrons. The molecule has 2 aliphatic heterocycles. The van der Waals surface area contributed by atoms with Crippen molar-refractivity contribution in [2.75, 3.05) is 26.2 Å². The summed E-state index contributed by atoms with van der Waals surface area (Å²) in [5, 5.41) is 17.9. The lowest BCUT2D eigenvalue weighted by Gasteiger charge is -2.32. The number of aromatic amines is 1. The summed E-state index contributed by atoms with van der Waals surface area (Å²) in [4.78, 5) is 107. The number of amides is 7. The van der Waals surface area contributed by atoms with E-state index in [1.54, 1.807) is 85.1 Å². The van der Waals surface area contributed by atoms with Crippen LogP contribution >= 0.6 is 0 Å². The number of fused-ring (bicyclic) bond motifs is 2. The quantitative estimate of drug-likeness (QED) is 0.0598. The van der Waals surface area contributed by atoms with Crippen LogP contribution in [-0.4, -0.2) is 114 Å². The molecule has 7 amide bonds. The summed E-state index contributed by atoms with van der Waals surface area (Å²) in [6.45, 7) is 0.617. The van der Waals surface area contributed by atoms with Crippen LogP contribution in [-0.2, 0) is 59.4 Å². The van der Waals surface area contributed by atoms with Gasteiger partial charge in [0.15, 0.2) is 0 Å². The topological polar surface area (TPSA) is 281 Å². The van der Waals surface area contributed by atoms with Gasteiger partial charge in [0.05, 0.1) is 6.54 Å². The van der Waals surface area contributed by atoms with Gasteiger partial charge in [-0.15, -0.1) is 0 Å². The lowest BCUT2D eigenvalue weighted by atomic mass is 9.99. The minimum Gasteiger partial charge on any atom is -0.489 e. The number of benzene rings is 5. The van der Waals surface area contributed by atoms with Gasteiger partial charge in [-0.1, -0.05) is 121 Å². The molecule has 5 aromatic carbocycles. The largest absolute Gasteiger partial charge is 0.489 e. The van der Waals surface area contributed by atoms with Crippen molar-refractivity contribution < 1.29 is 43.0 Å². The normalized spacial score (nSPS) is 21.6. The Morgan fingerprint density at radius 3 is 1.87 bits per heavy atom. The van der Waals surface area contributed by atoms with Crippen LogP contribution in [0.2, 0.25) is 0 Å². The summed E-state index contributed by atoms with van der Waals surface area (Å²) in [7, 11) is 0. The third-order valence-corrected chi connectivity index (χ3v) is 13.7. The molecule has 19 nitrogen and oxygen atoms in total. The number of nitrogens with one attached hydrogen (secondary N) is 7. The molecule has 2 fully saturated rings. The van der Waals surface area contributed by atoms with Gasteiger partial charge in [-0.2, -0.15) is 0 Å². The standard InChI is InChI=1S/C58H66N10O9/c59-27-13-12-22-46-52(69)64-47(30-38-23-25-42(26-24-38)76-36-39-16-6-2-7-17-39)53(70)66-49(31-37-14-4-1-5-15-37)57(74)68-35-43(77-58(75)61-29-28-60)33-50(68)55(72)67-51(40-18-8-3-9-19-40)56(73)65-48(54(71)63-46)32-41-34-62-45-21-11-10-20-44(41)45/h1-11,14-21,23-26,34,43,46-51,62H,12-13,22,27-33,35-36,59-60H2,(H,61,75)(H,63,71)(H,64,69)(H,65,73)(H,66,70)(H,67,72)/t43?,46-,47-,48+,49-,50-,51+/m0/s1. The molecule has 7 atom stereocenters. The number of hydrogen-bond acceptors (Lipinski definition) is 11. The monoisotopic (exact) mass is 1050 g/mol. The van der Waals surface area contributed by atoms with Crippen molar-refractivity contribution in [1.82, 2.24) is 41.8 Å². The van der Waals surface area contributed by atoms with E-state index in [1.807, 2.05) is 60.7 Å². The van der Waals surface area contributed by atoms with Crippen molar-refractivity contribution >= 4 is 52.4 Å². The van der Waals surface area contributed by atoms with E-state index in [0.717, 1.165) is 16.5 Å². The first-order chi connectivity index (χ1) is 37.5. The average molecular weight is 1050 g/mol. The maximum Gasteiger partial charge on any atom is 0.407 e. The fourth-order valence-electron chi connectivity index (χ4n) is 9.65. The van der Waals surface area contributed by atoms with Gasteiger partial charge in [0.2, 0.25) is 35.4 Å². The first-order valence-corrected chi connectivity index (χ1v) is 26.0. The van der Waals surface area contributed by atoms with Crippen LogP contribution in [0.5, 0.6) is 5.75 Å². The highest BCUT2D eigenvalue weighted by molar-refractivity contribution is 5.99. The Kier molecular flexibility index (Phi) is 19.0. The Morgan fingerprint density at radius 2 is 1.17 bits per heavy atom. The molecule has 2 aliphatic rings. The number of unbranched alkanes of at least 4 members (excludes halogenated alkanes) is 1. The van der Waals surface area contributed by atoms with E-state index in [-0.39, 0.29) is 51.7 Å². The Bertz CT molecular complexity index is 2960. The molecule has 0 radical (unpaired) electrons. The van der Waals surface area contributed by atoms with Crippen LogP contribution in [0.4, 0.5) is 4.79 Å². The van der Waals surface area contributed by atoms with E-state index in [4.69, 9.17) is 20.9 Å². The van der Waals surface area contributed by atoms with Crippen LogP contribution in [0.25, 0.3) is 10.9 Å². The zero-order valence-corrected chi connectivity index (χ0v) is 42.7. The van der Waals surface area contributed by atoms with Gasteiger partial charge in [0, 0.05) is 55.9 Å². The molecule has 8 rings (SSSR count). The van der Waals surface area contributed by atoms with E-state index < -0.39 is 83.9 Å². The van der Waals surface area contributed by atoms with Crippen LogP contribution < -0.4 is 48.1 Å². The highest BCUT2D eigenvalue weighted by Gasteiger charge is 2.45. The number of rotatable bonds is 17. The average Bonchev–Trinajstić information content (AvgIpc) is 4.08. The summed E-state index contributed by atoms with van der Waals surface area (Å²) in [6.07, 6.45) is 0.652. The number of carbonyl (C=O) groups excluding carboxylic acids is 7. The maximum atomic E-state index is 15.3. The Hall–Kier alpha value is -8.55. The number of alkyl carbamates (subject to hydrolysis) is 1. The number of nitrogens with two attached hydrogens (primary N) is 2. The molecule has 3 heterocycles. The Morgan fingerprint density at radius 1 is 0.584 bits per heavy atom. The lowest BCUT2D eigenvalue weighted by Crippen LogP contribution is -2.61. The number of hydrogen-bond donors (Lipinski definition) is 9. The van der Waals surface area contributed by atoms with Crippen molar-refractivity contribution in [3.63, 3.8) is 0 Å². The van der Waals surface area contributed by atoms with Gasteiger partial charge in [-0.25, -0.2) is 4.79 Å². The van der Waals surface area contributed by atoms with Crippen molar-refractivity contribution in [2.45, 2.75) is 93.9 Å².